The maximum absolute atomic E-state index is 11.5. The molecule has 7 heavy (non-hydrogen) atoms. The van der Waals surface area contributed by atoms with Crippen molar-refractivity contribution in [3.8, 4) is 0 Å². The first-order valence-electron chi connectivity index (χ1n) is 1.70. The molecular formula is C3H6F3N. The van der Waals surface area contributed by atoms with Crippen LogP contribution in [-0.2, 0) is 0 Å². The summed E-state index contributed by atoms with van der Waals surface area (Å²) in [6.45, 7) is 0.623. The normalized spacial score (nSPS) is 19.7. The van der Waals surface area contributed by atoms with Crippen LogP contribution in [0.5, 0.6) is 0 Å². The van der Waals surface area contributed by atoms with Crippen molar-refractivity contribution in [2.24, 2.45) is 5.73 Å². The average molecular weight is 113 g/mol. The lowest BCUT2D eigenvalue weighted by Gasteiger charge is -2.10. The summed E-state index contributed by atoms with van der Waals surface area (Å²) < 4.78 is 33.6. The summed E-state index contributed by atoms with van der Waals surface area (Å²) in [4.78, 5) is 0. The third-order valence-corrected chi connectivity index (χ3v) is 0.427. The lowest BCUT2D eigenvalue weighted by molar-refractivity contribution is -0.0176. The zero-order valence-corrected chi connectivity index (χ0v) is 3.79. The maximum Gasteiger partial charge on any atom is 0.284 e. The predicted molar refractivity (Wildman–Crippen MR) is 19.7 cm³/mol. The molecule has 0 bridgehead atoms. The molecule has 0 rings (SSSR count). The minimum absolute atomic E-state index is 0.623. The van der Waals surface area contributed by atoms with Crippen molar-refractivity contribution in [2.45, 2.75) is 19.1 Å². The summed E-state index contributed by atoms with van der Waals surface area (Å²) in [6.07, 6.45) is -3.09. The van der Waals surface area contributed by atoms with E-state index in [-0.39, 0.29) is 0 Å². The van der Waals surface area contributed by atoms with E-state index < -0.39 is 12.2 Å². The molecule has 1 nitrogen and oxygen atoms in total. The summed E-state index contributed by atoms with van der Waals surface area (Å²) in [5.74, 6) is -2.83. The van der Waals surface area contributed by atoms with Crippen LogP contribution in [0.25, 0.3) is 0 Å². The van der Waals surface area contributed by atoms with Gasteiger partial charge >= 0.3 is 0 Å². The number of rotatable bonds is 1. The van der Waals surface area contributed by atoms with E-state index in [1.54, 1.807) is 0 Å². The standard InChI is InChI=1S/C3H6F3N/c1-3(6,7)2(4)5/h2H,7H2,1H3. The van der Waals surface area contributed by atoms with Gasteiger partial charge in [-0.15, -0.1) is 0 Å². The third kappa shape index (κ3) is 2.45. The summed E-state index contributed by atoms with van der Waals surface area (Å²) >= 11 is 0. The second kappa shape index (κ2) is 1.69. The predicted octanol–water partition coefficient (Wildman–Crippen LogP) is 0.896. The summed E-state index contributed by atoms with van der Waals surface area (Å²) in [5, 5.41) is 0. The van der Waals surface area contributed by atoms with Crippen LogP contribution in [0.1, 0.15) is 6.92 Å². The Labute approximate surface area is 39.3 Å². The molecule has 0 aliphatic rings. The molecule has 0 aromatic carbocycles. The third-order valence-electron chi connectivity index (χ3n) is 0.427. The van der Waals surface area contributed by atoms with Crippen molar-refractivity contribution in [3.05, 3.63) is 0 Å². The molecule has 4 heteroatoms. The maximum atomic E-state index is 11.5. The van der Waals surface area contributed by atoms with Crippen LogP contribution in [0.15, 0.2) is 0 Å². The van der Waals surface area contributed by atoms with E-state index in [1.165, 1.54) is 0 Å². The van der Waals surface area contributed by atoms with Crippen LogP contribution < -0.4 is 5.73 Å². The van der Waals surface area contributed by atoms with Crippen molar-refractivity contribution < 1.29 is 13.2 Å². The summed E-state index contributed by atoms with van der Waals surface area (Å²) in [5.41, 5.74) is 4.26. The zero-order chi connectivity index (χ0) is 6.08. The zero-order valence-electron chi connectivity index (χ0n) is 3.79. The highest BCUT2D eigenvalue weighted by Gasteiger charge is 2.28. The molecule has 0 heterocycles. The van der Waals surface area contributed by atoms with Gasteiger partial charge in [0, 0.05) is 0 Å². The smallest absolute Gasteiger partial charge is 0.284 e. The molecule has 0 aromatic rings. The molecule has 0 aliphatic heterocycles. The first-order chi connectivity index (χ1) is 2.94. The number of halogens is 3. The SMILES string of the molecule is CC(N)(F)C(F)F. The van der Waals surface area contributed by atoms with Gasteiger partial charge in [-0.05, 0) is 6.92 Å². The Hall–Kier alpha value is -0.250. The molecular weight excluding hydrogens is 107 g/mol. The molecule has 1 unspecified atom stereocenters. The lowest BCUT2D eigenvalue weighted by Crippen LogP contribution is -2.38. The Morgan fingerprint density at radius 1 is 1.57 bits per heavy atom. The second-order valence-electron chi connectivity index (χ2n) is 1.45. The van der Waals surface area contributed by atoms with Gasteiger partial charge in [-0.2, -0.15) is 0 Å². The van der Waals surface area contributed by atoms with E-state index in [2.05, 4.69) is 5.73 Å². The molecule has 0 spiro atoms. The summed E-state index contributed by atoms with van der Waals surface area (Å²) in [6, 6.07) is 0. The van der Waals surface area contributed by atoms with Gasteiger partial charge in [-0.1, -0.05) is 0 Å². The fraction of sp³-hybridized carbons (Fsp3) is 1.00. The van der Waals surface area contributed by atoms with Crippen LogP contribution >= 0.6 is 0 Å². The number of hydrogen-bond acceptors (Lipinski definition) is 1. The molecule has 0 radical (unpaired) electrons. The van der Waals surface area contributed by atoms with E-state index in [1.807, 2.05) is 0 Å². The molecule has 1 atom stereocenters. The van der Waals surface area contributed by atoms with Crippen LogP contribution in [0.3, 0.4) is 0 Å². The van der Waals surface area contributed by atoms with Crippen LogP contribution in [0.4, 0.5) is 13.2 Å². The van der Waals surface area contributed by atoms with Gasteiger partial charge in [0.2, 0.25) is 5.79 Å². The van der Waals surface area contributed by atoms with Crippen molar-refractivity contribution in [2.75, 3.05) is 0 Å². The quantitative estimate of drug-likeness (QED) is 0.502. The minimum Gasteiger partial charge on any atom is -0.295 e. The monoisotopic (exact) mass is 113 g/mol. The van der Waals surface area contributed by atoms with Crippen molar-refractivity contribution in [3.63, 3.8) is 0 Å². The largest absolute Gasteiger partial charge is 0.295 e. The van der Waals surface area contributed by atoms with Gasteiger partial charge in [-0.25, -0.2) is 13.2 Å². The highest BCUT2D eigenvalue weighted by atomic mass is 19.3. The number of hydrogen-bond donors (Lipinski definition) is 1. The first kappa shape index (κ1) is 6.75. The van der Waals surface area contributed by atoms with E-state index in [4.69, 9.17) is 0 Å². The molecule has 0 amide bonds. The average Bonchev–Trinajstić information content (AvgIpc) is 1.31. The van der Waals surface area contributed by atoms with Gasteiger partial charge in [0.25, 0.3) is 6.43 Å². The van der Waals surface area contributed by atoms with Crippen LogP contribution in [-0.4, -0.2) is 12.2 Å². The van der Waals surface area contributed by atoms with Crippen LogP contribution in [0, 0.1) is 0 Å². The molecule has 44 valence electrons. The lowest BCUT2D eigenvalue weighted by atomic mass is 10.3. The van der Waals surface area contributed by atoms with Gasteiger partial charge in [0.05, 0.1) is 0 Å². The molecule has 0 aromatic heterocycles. The fourth-order valence-corrected chi connectivity index (χ4v) is 0. The van der Waals surface area contributed by atoms with Gasteiger partial charge in [0.1, 0.15) is 0 Å². The fourth-order valence-electron chi connectivity index (χ4n) is 0. The molecule has 0 saturated carbocycles. The Morgan fingerprint density at radius 3 is 1.71 bits per heavy atom. The first-order valence-corrected chi connectivity index (χ1v) is 1.70. The van der Waals surface area contributed by atoms with Crippen molar-refractivity contribution >= 4 is 0 Å². The van der Waals surface area contributed by atoms with Gasteiger partial charge in [-0.3, -0.25) is 5.73 Å². The number of alkyl halides is 3. The van der Waals surface area contributed by atoms with Crippen molar-refractivity contribution in [1.82, 2.24) is 0 Å². The second-order valence-corrected chi connectivity index (χ2v) is 1.45. The Kier molecular flexibility index (Phi) is 1.63. The highest BCUT2D eigenvalue weighted by Crippen LogP contribution is 2.11. The Morgan fingerprint density at radius 2 is 1.71 bits per heavy atom. The Bertz CT molecular complexity index is 55.7. The van der Waals surface area contributed by atoms with Gasteiger partial charge in [0.15, 0.2) is 0 Å². The molecule has 0 saturated heterocycles. The molecule has 0 fully saturated rings. The highest BCUT2D eigenvalue weighted by molar-refractivity contribution is 4.65. The topological polar surface area (TPSA) is 26.0 Å². The van der Waals surface area contributed by atoms with E-state index in [9.17, 15) is 13.2 Å². The Balaban J connectivity index is 3.54. The molecule has 2 N–H and O–H groups in total. The minimum atomic E-state index is -3.09. The van der Waals surface area contributed by atoms with Crippen molar-refractivity contribution in [1.29, 1.82) is 0 Å². The van der Waals surface area contributed by atoms with Crippen LogP contribution in [0.2, 0.25) is 0 Å². The van der Waals surface area contributed by atoms with E-state index >= 15 is 0 Å². The van der Waals surface area contributed by atoms with E-state index in [0.29, 0.717) is 6.92 Å². The molecule has 0 aliphatic carbocycles. The van der Waals surface area contributed by atoms with E-state index in [0.717, 1.165) is 0 Å². The number of nitrogens with two attached hydrogens (primary N) is 1. The van der Waals surface area contributed by atoms with Gasteiger partial charge < -0.3 is 0 Å². The summed E-state index contributed by atoms with van der Waals surface area (Å²) in [7, 11) is 0.